The van der Waals surface area contributed by atoms with Crippen LogP contribution in [0.15, 0.2) is 24.4 Å². The van der Waals surface area contributed by atoms with Crippen molar-refractivity contribution in [2.24, 2.45) is 0 Å². The Morgan fingerprint density at radius 2 is 2.24 bits per heavy atom. The van der Waals surface area contributed by atoms with Gasteiger partial charge in [0.25, 0.3) is 0 Å². The summed E-state index contributed by atoms with van der Waals surface area (Å²) in [5.74, 6) is 0.884. The van der Waals surface area contributed by atoms with E-state index in [-0.39, 0.29) is 0 Å². The van der Waals surface area contributed by atoms with Crippen LogP contribution >= 0.6 is 15.9 Å². The largest absolute Gasteiger partial charge is 0.496 e. The van der Waals surface area contributed by atoms with Gasteiger partial charge in [0, 0.05) is 11.8 Å². The van der Waals surface area contributed by atoms with Gasteiger partial charge in [-0.25, -0.2) is 4.68 Å². The number of aryl methyl sites for hydroxylation is 2. The van der Waals surface area contributed by atoms with Gasteiger partial charge in [-0.1, -0.05) is 21.1 Å². The number of nitrogens with zero attached hydrogens (tertiary/aromatic N) is 3. The summed E-state index contributed by atoms with van der Waals surface area (Å²) < 4.78 is 7.01. The van der Waals surface area contributed by atoms with Crippen molar-refractivity contribution in [3.8, 4) is 11.4 Å². The molecule has 90 valence electrons. The fraction of sp³-hybridized carbons (Fsp3) is 0.333. The molecule has 0 bridgehead atoms. The summed E-state index contributed by atoms with van der Waals surface area (Å²) in [6.07, 6.45) is 2.83. The highest BCUT2D eigenvalue weighted by molar-refractivity contribution is 9.09. The van der Waals surface area contributed by atoms with Crippen LogP contribution in [0.2, 0.25) is 0 Å². The Kier molecular flexibility index (Phi) is 3.78. The molecule has 17 heavy (non-hydrogen) atoms. The van der Waals surface area contributed by atoms with Crippen LogP contribution < -0.4 is 4.74 Å². The lowest BCUT2D eigenvalue weighted by Crippen LogP contribution is -1.96. The highest BCUT2D eigenvalue weighted by Crippen LogP contribution is 2.20. The van der Waals surface area contributed by atoms with Crippen molar-refractivity contribution >= 4 is 15.9 Å². The van der Waals surface area contributed by atoms with Gasteiger partial charge in [0.15, 0.2) is 0 Å². The molecule has 0 aliphatic carbocycles. The summed E-state index contributed by atoms with van der Waals surface area (Å²) in [6.45, 7) is 2.01. The van der Waals surface area contributed by atoms with Crippen molar-refractivity contribution in [3.05, 3.63) is 35.7 Å². The summed E-state index contributed by atoms with van der Waals surface area (Å²) in [5, 5.41) is 9.11. The Hall–Kier alpha value is -1.36. The van der Waals surface area contributed by atoms with E-state index in [1.165, 1.54) is 0 Å². The lowest BCUT2D eigenvalue weighted by Gasteiger charge is -2.06. The number of alkyl halides is 1. The normalized spacial score (nSPS) is 10.5. The first-order valence-electron chi connectivity index (χ1n) is 5.37. The first-order chi connectivity index (χ1) is 8.24. The van der Waals surface area contributed by atoms with Crippen LogP contribution in [0.3, 0.4) is 0 Å². The smallest absolute Gasteiger partial charge is 0.121 e. The van der Waals surface area contributed by atoms with Crippen LogP contribution in [-0.4, -0.2) is 27.4 Å². The van der Waals surface area contributed by atoms with E-state index in [1.54, 1.807) is 11.8 Å². The first kappa shape index (κ1) is 12.1. The van der Waals surface area contributed by atoms with E-state index in [2.05, 4.69) is 26.2 Å². The van der Waals surface area contributed by atoms with Gasteiger partial charge in [-0.2, -0.15) is 0 Å². The monoisotopic (exact) mass is 295 g/mol. The highest BCUT2D eigenvalue weighted by atomic mass is 79.9. The summed E-state index contributed by atoms with van der Waals surface area (Å²) in [6, 6.07) is 5.94. The number of methoxy groups -OCH3 is 1. The van der Waals surface area contributed by atoms with Crippen molar-refractivity contribution in [2.45, 2.75) is 13.3 Å². The van der Waals surface area contributed by atoms with Crippen LogP contribution in [0.25, 0.3) is 5.69 Å². The van der Waals surface area contributed by atoms with E-state index in [1.807, 2.05) is 31.3 Å². The van der Waals surface area contributed by atoms with Crippen LogP contribution in [0.1, 0.15) is 11.3 Å². The predicted molar refractivity (Wildman–Crippen MR) is 70.1 cm³/mol. The van der Waals surface area contributed by atoms with Gasteiger partial charge in [-0.15, -0.1) is 5.10 Å². The van der Waals surface area contributed by atoms with Crippen molar-refractivity contribution in [3.63, 3.8) is 0 Å². The molecular weight excluding hydrogens is 282 g/mol. The van der Waals surface area contributed by atoms with Crippen LogP contribution in [0.5, 0.6) is 5.75 Å². The Bertz CT molecular complexity index is 510. The van der Waals surface area contributed by atoms with E-state index in [0.717, 1.165) is 34.4 Å². The second-order valence-corrected chi connectivity index (χ2v) is 4.54. The molecule has 2 rings (SSSR count). The molecule has 0 radical (unpaired) electrons. The van der Waals surface area contributed by atoms with E-state index in [4.69, 9.17) is 4.74 Å². The Morgan fingerprint density at radius 1 is 1.41 bits per heavy atom. The molecular formula is C12H14BrN3O. The molecule has 0 fully saturated rings. The maximum atomic E-state index is 5.23. The van der Waals surface area contributed by atoms with Gasteiger partial charge >= 0.3 is 0 Å². The average molecular weight is 296 g/mol. The minimum atomic E-state index is 0.884. The number of aromatic nitrogens is 3. The highest BCUT2D eigenvalue weighted by Gasteiger charge is 2.04. The summed E-state index contributed by atoms with van der Waals surface area (Å²) in [4.78, 5) is 0. The fourth-order valence-corrected chi connectivity index (χ4v) is 2.05. The molecule has 0 saturated carbocycles. The van der Waals surface area contributed by atoms with E-state index in [9.17, 15) is 0 Å². The molecule has 0 spiro atoms. The molecule has 1 heterocycles. The average Bonchev–Trinajstić information content (AvgIpc) is 2.78. The Labute approximate surface area is 109 Å². The number of benzene rings is 1. The molecule has 2 aromatic rings. The van der Waals surface area contributed by atoms with Crippen molar-refractivity contribution in [1.29, 1.82) is 0 Å². The zero-order valence-corrected chi connectivity index (χ0v) is 11.4. The predicted octanol–water partition coefficient (Wildman–Crippen LogP) is 2.52. The summed E-state index contributed by atoms with van der Waals surface area (Å²) in [5.41, 5.74) is 3.06. The number of hydrogen-bond acceptors (Lipinski definition) is 3. The molecule has 1 aromatic heterocycles. The minimum absolute atomic E-state index is 0.884. The van der Waals surface area contributed by atoms with Gasteiger partial charge in [0.2, 0.25) is 0 Å². The molecule has 5 heteroatoms. The lowest BCUT2D eigenvalue weighted by atomic mass is 10.2. The van der Waals surface area contributed by atoms with Gasteiger partial charge in [-0.3, -0.25) is 0 Å². The number of rotatable bonds is 4. The molecule has 1 aromatic carbocycles. The molecule has 0 atom stereocenters. The van der Waals surface area contributed by atoms with E-state index >= 15 is 0 Å². The van der Waals surface area contributed by atoms with Gasteiger partial charge < -0.3 is 4.74 Å². The molecule has 0 unspecified atom stereocenters. The second kappa shape index (κ2) is 5.31. The Morgan fingerprint density at radius 3 is 2.88 bits per heavy atom. The standard InChI is InChI=1S/C12H14BrN3O/c1-9-7-11(3-4-12(9)17-2)16-8-10(5-6-13)14-15-16/h3-4,7-8H,5-6H2,1-2H3. The van der Waals surface area contributed by atoms with Crippen molar-refractivity contribution in [1.82, 2.24) is 15.0 Å². The topological polar surface area (TPSA) is 39.9 Å². The van der Waals surface area contributed by atoms with Crippen LogP contribution in [0, 0.1) is 6.92 Å². The van der Waals surface area contributed by atoms with Crippen LogP contribution in [-0.2, 0) is 6.42 Å². The van der Waals surface area contributed by atoms with Gasteiger partial charge in [-0.05, 0) is 30.7 Å². The van der Waals surface area contributed by atoms with Crippen molar-refractivity contribution in [2.75, 3.05) is 12.4 Å². The summed E-state index contributed by atoms with van der Waals surface area (Å²) >= 11 is 3.39. The first-order valence-corrected chi connectivity index (χ1v) is 6.49. The maximum Gasteiger partial charge on any atom is 0.121 e. The molecule has 4 nitrogen and oxygen atoms in total. The molecule has 0 N–H and O–H groups in total. The number of ether oxygens (including phenoxy) is 1. The molecule has 0 amide bonds. The number of halogens is 1. The lowest BCUT2D eigenvalue weighted by molar-refractivity contribution is 0.411. The SMILES string of the molecule is COc1ccc(-n2cc(CCBr)nn2)cc1C. The van der Waals surface area contributed by atoms with Gasteiger partial charge in [0.05, 0.1) is 24.7 Å². The van der Waals surface area contributed by atoms with Crippen molar-refractivity contribution < 1.29 is 4.74 Å². The Balaban J connectivity index is 2.29. The van der Waals surface area contributed by atoms with Gasteiger partial charge in [0.1, 0.15) is 5.75 Å². The minimum Gasteiger partial charge on any atom is -0.496 e. The molecule has 0 aliphatic rings. The zero-order chi connectivity index (χ0) is 12.3. The third-order valence-corrected chi connectivity index (χ3v) is 2.93. The van der Waals surface area contributed by atoms with E-state index < -0.39 is 0 Å². The third-order valence-electron chi connectivity index (χ3n) is 2.53. The molecule has 0 saturated heterocycles. The van der Waals surface area contributed by atoms with E-state index in [0.29, 0.717) is 0 Å². The third kappa shape index (κ3) is 2.66. The van der Waals surface area contributed by atoms with Crippen LogP contribution in [0.4, 0.5) is 0 Å². The second-order valence-electron chi connectivity index (χ2n) is 3.75. The maximum absolute atomic E-state index is 5.23. The quantitative estimate of drug-likeness (QED) is 0.814. The zero-order valence-electron chi connectivity index (χ0n) is 9.85. The summed E-state index contributed by atoms with van der Waals surface area (Å²) in [7, 11) is 1.67. The molecule has 0 aliphatic heterocycles. The number of hydrogen-bond donors (Lipinski definition) is 0. The fourth-order valence-electron chi connectivity index (χ4n) is 1.64.